The van der Waals surface area contributed by atoms with Crippen LogP contribution < -0.4 is 10.5 Å². The Hall–Kier alpha value is -1.32. The molecule has 0 aliphatic heterocycles. The van der Waals surface area contributed by atoms with Crippen LogP contribution in [0.15, 0.2) is 34.8 Å². The van der Waals surface area contributed by atoms with Crippen molar-refractivity contribution in [2.45, 2.75) is 26.8 Å². The van der Waals surface area contributed by atoms with Crippen molar-refractivity contribution >= 4 is 15.9 Å². The summed E-state index contributed by atoms with van der Waals surface area (Å²) in [6.07, 6.45) is 0. The van der Waals surface area contributed by atoms with Gasteiger partial charge in [0.1, 0.15) is 5.75 Å². The minimum absolute atomic E-state index is 0.208. The van der Waals surface area contributed by atoms with Gasteiger partial charge in [-0.1, -0.05) is 34.1 Å². The first-order valence-corrected chi connectivity index (χ1v) is 7.40. The van der Waals surface area contributed by atoms with E-state index in [1.54, 1.807) is 7.11 Å². The second-order valence-corrected chi connectivity index (χ2v) is 6.05. The van der Waals surface area contributed by atoms with Crippen LogP contribution in [0.1, 0.15) is 33.9 Å². The fourth-order valence-corrected chi connectivity index (χ4v) is 3.29. The summed E-state index contributed by atoms with van der Waals surface area (Å²) in [5.41, 5.74) is 12.1. The van der Waals surface area contributed by atoms with Gasteiger partial charge in [0.05, 0.1) is 13.2 Å². The molecule has 20 heavy (non-hydrogen) atoms. The fourth-order valence-electron chi connectivity index (χ4n) is 2.55. The average Bonchev–Trinajstić information content (AvgIpc) is 2.37. The third-order valence-electron chi connectivity index (χ3n) is 3.52. The number of methoxy groups -OCH3 is 1. The Morgan fingerprint density at radius 1 is 1.05 bits per heavy atom. The molecule has 2 aromatic carbocycles. The molecule has 0 spiro atoms. The molecule has 0 radical (unpaired) electrons. The van der Waals surface area contributed by atoms with Crippen molar-refractivity contribution in [2.24, 2.45) is 5.73 Å². The molecule has 0 saturated heterocycles. The van der Waals surface area contributed by atoms with Crippen molar-refractivity contribution in [3.05, 3.63) is 62.6 Å². The van der Waals surface area contributed by atoms with Crippen LogP contribution >= 0.6 is 15.9 Å². The van der Waals surface area contributed by atoms with E-state index in [1.165, 1.54) is 11.1 Å². The molecule has 1 unspecified atom stereocenters. The number of rotatable bonds is 3. The third-order valence-corrected chi connectivity index (χ3v) is 4.20. The Balaban J connectivity index is 2.55. The van der Waals surface area contributed by atoms with Gasteiger partial charge in [-0.05, 0) is 55.2 Å². The molecule has 0 fully saturated rings. The summed E-state index contributed by atoms with van der Waals surface area (Å²) in [4.78, 5) is 0. The summed E-state index contributed by atoms with van der Waals surface area (Å²) >= 11 is 3.61. The molecule has 0 aromatic heterocycles. The standard InChI is InChI=1S/C17H20BrNO/c1-10-5-6-13(14(18)8-10)17(19)16-12(3)7-11(2)9-15(16)20-4/h5-9,17H,19H2,1-4H3. The maximum absolute atomic E-state index is 6.48. The monoisotopic (exact) mass is 333 g/mol. The highest BCUT2D eigenvalue weighted by atomic mass is 79.9. The molecule has 3 heteroatoms. The number of benzene rings is 2. The van der Waals surface area contributed by atoms with Gasteiger partial charge in [0, 0.05) is 10.0 Å². The quantitative estimate of drug-likeness (QED) is 0.901. The van der Waals surface area contributed by atoms with Crippen molar-refractivity contribution in [3.8, 4) is 5.75 Å². The number of nitrogens with two attached hydrogens (primary N) is 1. The van der Waals surface area contributed by atoms with Gasteiger partial charge in [-0.25, -0.2) is 0 Å². The summed E-state index contributed by atoms with van der Waals surface area (Å²) in [6.45, 7) is 6.21. The molecule has 2 aromatic rings. The maximum atomic E-state index is 6.48. The van der Waals surface area contributed by atoms with Gasteiger partial charge >= 0.3 is 0 Å². The van der Waals surface area contributed by atoms with Crippen LogP contribution in [0.4, 0.5) is 0 Å². The summed E-state index contributed by atoms with van der Waals surface area (Å²) in [6, 6.07) is 10.2. The van der Waals surface area contributed by atoms with Crippen LogP contribution in [0, 0.1) is 20.8 Å². The van der Waals surface area contributed by atoms with Crippen molar-refractivity contribution in [3.63, 3.8) is 0 Å². The molecule has 2 N–H and O–H groups in total. The molecule has 2 rings (SSSR count). The number of halogens is 1. The van der Waals surface area contributed by atoms with E-state index in [4.69, 9.17) is 10.5 Å². The normalized spacial score (nSPS) is 12.3. The van der Waals surface area contributed by atoms with Gasteiger partial charge in [-0.2, -0.15) is 0 Å². The minimum atomic E-state index is -0.208. The number of aryl methyl sites for hydroxylation is 3. The van der Waals surface area contributed by atoms with E-state index in [-0.39, 0.29) is 6.04 Å². The molecule has 0 aliphatic carbocycles. The van der Waals surface area contributed by atoms with Crippen molar-refractivity contribution in [2.75, 3.05) is 7.11 Å². The zero-order chi connectivity index (χ0) is 14.9. The molecule has 0 saturated carbocycles. The first-order valence-electron chi connectivity index (χ1n) is 6.60. The highest BCUT2D eigenvalue weighted by molar-refractivity contribution is 9.10. The second-order valence-electron chi connectivity index (χ2n) is 5.20. The molecule has 0 bridgehead atoms. The van der Waals surface area contributed by atoms with Gasteiger partial charge < -0.3 is 10.5 Å². The number of hydrogen-bond donors (Lipinski definition) is 1. The summed E-state index contributed by atoms with van der Waals surface area (Å²) < 4.78 is 6.55. The Labute approximate surface area is 129 Å². The summed E-state index contributed by atoms with van der Waals surface area (Å²) in [5, 5.41) is 0. The Kier molecular flexibility index (Phi) is 4.51. The van der Waals surface area contributed by atoms with E-state index in [0.717, 1.165) is 26.9 Å². The van der Waals surface area contributed by atoms with Crippen LogP contribution in [0.2, 0.25) is 0 Å². The topological polar surface area (TPSA) is 35.2 Å². The van der Waals surface area contributed by atoms with Gasteiger partial charge in [-0.15, -0.1) is 0 Å². The van der Waals surface area contributed by atoms with Crippen molar-refractivity contribution in [1.29, 1.82) is 0 Å². The first-order chi connectivity index (χ1) is 9.43. The molecule has 1 atom stereocenters. The van der Waals surface area contributed by atoms with E-state index in [2.05, 4.69) is 61.0 Å². The second kappa shape index (κ2) is 5.98. The van der Waals surface area contributed by atoms with E-state index in [9.17, 15) is 0 Å². The highest BCUT2D eigenvalue weighted by Crippen LogP contribution is 2.35. The fraction of sp³-hybridized carbons (Fsp3) is 0.294. The molecule has 0 amide bonds. The Morgan fingerprint density at radius 2 is 1.75 bits per heavy atom. The van der Waals surface area contributed by atoms with Crippen molar-refractivity contribution < 1.29 is 4.74 Å². The first kappa shape index (κ1) is 15.1. The number of ether oxygens (including phenoxy) is 1. The Bertz CT molecular complexity index is 637. The third kappa shape index (κ3) is 2.89. The van der Waals surface area contributed by atoms with E-state index in [0.29, 0.717) is 0 Å². The van der Waals surface area contributed by atoms with Crippen LogP contribution in [0.25, 0.3) is 0 Å². The smallest absolute Gasteiger partial charge is 0.124 e. The lowest BCUT2D eigenvalue weighted by atomic mass is 9.93. The van der Waals surface area contributed by atoms with E-state index in [1.807, 2.05) is 6.07 Å². The lowest BCUT2D eigenvalue weighted by Crippen LogP contribution is -2.15. The summed E-state index contributed by atoms with van der Waals surface area (Å²) in [7, 11) is 1.69. The van der Waals surface area contributed by atoms with Crippen LogP contribution in [-0.2, 0) is 0 Å². The lowest BCUT2D eigenvalue weighted by molar-refractivity contribution is 0.407. The number of hydrogen-bond acceptors (Lipinski definition) is 2. The van der Waals surface area contributed by atoms with Gasteiger partial charge in [0.2, 0.25) is 0 Å². The predicted molar refractivity (Wildman–Crippen MR) is 87.4 cm³/mol. The zero-order valence-corrected chi connectivity index (χ0v) is 13.9. The van der Waals surface area contributed by atoms with Crippen LogP contribution in [-0.4, -0.2) is 7.11 Å². The van der Waals surface area contributed by atoms with Gasteiger partial charge in [0.15, 0.2) is 0 Å². The van der Waals surface area contributed by atoms with Crippen molar-refractivity contribution in [1.82, 2.24) is 0 Å². The molecular formula is C17H20BrNO. The molecule has 0 aliphatic rings. The Morgan fingerprint density at radius 3 is 2.35 bits per heavy atom. The highest BCUT2D eigenvalue weighted by Gasteiger charge is 2.19. The average molecular weight is 334 g/mol. The van der Waals surface area contributed by atoms with Gasteiger partial charge in [0.25, 0.3) is 0 Å². The zero-order valence-electron chi connectivity index (χ0n) is 12.3. The van der Waals surface area contributed by atoms with E-state index >= 15 is 0 Å². The minimum Gasteiger partial charge on any atom is -0.496 e. The molecule has 2 nitrogen and oxygen atoms in total. The summed E-state index contributed by atoms with van der Waals surface area (Å²) in [5.74, 6) is 0.850. The van der Waals surface area contributed by atoms with Gasteiger partial charge in [-0.3, -0.25) is 0 Å². The molecule has 106 valence electrons. The van der Waals surface area contributed by atoms with E-state index < -0.39 is 0 Å². The van der Waals surface area contributed by atoms with Crippen LogP contribution in [0.3, 0.4) is 0 Å². The van der Waals surface area contributed by atoms with Crippen LogP contribution in [0.5, 0.6) is 5.75 Å². The maximum Gasteiger partial charge on any atom is 0.124 e. The molecule has 0 heterocycles. The largest absolute Gasteiger partial charge is 0.496 e. The SMILES string of the molecule is COc1cc(C)cc(C)c1C(N)c1ccc(C)cc1Br. The molecular weight excluding hydrogens is 314 g/mol. The lowest BCUT2D eigenvalue weighted by Gasteiger charge is -2.20. The predicted octanol–water partition coefficient (Wildman–Crippen LogP) is 4.43.